The Kier molecular flexibility index (Phi) is 4.65. The lowest BCUT2D eigenvalue weighted by atomic mass is 9.96. The van der Waals surface area contributed by atoms with Gasteiger partial charge in [0.2, 0.25) is 0 Å². The Bertz CT molecular complexity index is 624. The van der Waals surface area contributed by atoms with Crippen molar-refractivity contribution in [3.63, 3.8) is 0 Å². The van der Waals surface area contributed by atoms with Gasteiger partial charge in [-0.25, -0.2) is 9.78 Å². The van der Waals surface area contributed by atoms with Gasteiger partial charge in [-0.15, -0.1) is 0 Å². The van der Waals surface area contributed by atoms with E-state index in [1.165, 1.54) is 6.42 Å². The Balaban J connectivity index is 1.63. The number of hydrogen-bond donors (Lipinski definition) is 3. The fourth-order valence-electron chi connectivity index (χ4n) is 2.65. The number of piperidine rings is 1. The molecule has 3 rings (SSSR count). The van der Waals surface area contributed by atoms with Gasteiger partial charge in [0.15, 0.2) is 0 Å². The number of nitrogens with one attached hydrogen (secondary N) is 3. The average Bonchev–Trinajstić information content (AvgIpc) is 2.57. The molecule has 3 N–H and O–H groups in total. The van der Waals surface area contributed by atoms with E-state index in [1.54, 1.807) is 0 Å². The standard InChI is InChI=1S/C17H20N4O/c22-17(19-14-7-2-1-3-8-14)21-16-10-4-9-15(20-16)13-6-5-11-18-12-13/h1-4,7-10,13,18H,5-6,11-12H2,(H2,19,20,21,22). The zero-order valence-corrected chi connectivity index (χ0v) is 12.4. The Morgan fingerprint density at radius 1 is 1.09 bits per heavy atom. The second-order valence-electron chi connectivity index (χ2n) is 5.44. The SMILES string of the molecule is O=C(Nc1ccccc1)Nc1cccc(C2CCCNC2)n1. The van der Waals surface area contributed by atoms with E-state index in [-0.39, 0.29) is 6.03 Å². The van der Waals surface area contributed by atoms with Gasteiger partial charge in [-0.2, -0.15) is 0 Å². The number of amides is 2. The molecule has 0 saturated carbocycles. The van der Waals surface area contributed by atoms with Crippen LogP contribution in [-0.4, -0.2) is 24.1 Å². The lowest BCUT2D eigenvalue weighted by Gasteiger charge is -2.22. The number of pyridine rings is 1. The van der Waals surface area contributed by atoms with E-state index in [0.29, 0.717) is 11.7 Å². The number of rotatable bonds is 3. The zero-order valence-electron chi connectivity index (χ0n) is 12.4. The smallest absolute Gasteiger partial charge is 0.316 e. The van der Waals surface area contributed by atoms with Crippen molar-refractivity contribution in [2.75, 3.05) is 23.7 Å². The minimum atomic E-state index is -0.280. The summed E-state index contributed by atoms with van der Waals surface area (Å²) in [5.74, 6) is 1.00. The molecule has 1 saturated heterocycles. The number of para-hydroxylation sites is 1. The molecule has 22 heavy (non-hydrogen) atoms. The van der Waals surface area contributed by atoms with Crippen molar-refractivity contribution in [3.05, 3.63) is 54.2 Å². The fraction of sp³-hybridized carbons (Fsp3) is 0.294. The molecule has 2 amide bonds. The van der Waals surface area contributed by atoms with Crippen molar-refractivity contribution < 1.29 is 4.79 Å². The molecule has 1 aliphatic rings. The topological polar surface area (TPSA) is 66.1 Å². The first kappa shape index (κ1) is 14.5. The molecule has 114 valence electrons. The van der Waals surface area contributed by atoms with Crippen LogP contribution in [0.15, 0.2) is 48.5 Å². The third-order valence-electron chi connectivity index (χ3n) is 3.76. The fourth-order valence-corrected chi connectivity index (χ4v) is 2.65. The highest BCUT2D eigenvalue weighted by atomic mass is 16.2. The maximum Gasteiger partial charge on any atom is 0.324 e. The number of aromatic nitrogens is 1. The van der Waals surface area contributed by atoms with Crippen molar-refractivity contribution in [1.29, 1.82) is 0 Å². The number of carbonyl (C=O) groups excluding carboxylic acids is 1. The zero-order chi connectivity index (χ0) is 15.2. The highest BCUT2D eigenvalue weighted by Gasteiger charge is 2.16. The van der Waals surface area contributed by atoms with Gasteiger partial charge in [-0.05, 0) is 43.7 Å². The number of urea groups is 1. The van der Waals surface area contributed by atoms with Gasteiger partial charge in [-0.1, -0.05) is 24.3 Å². The molecule has 5 heteroatoms. The van der Waals surface area contributed by atoms with E-state index < -0.39 is 0 Å². The van der Waals surface area contributed by atoms with Crippen LogP contribution in [0.5, 0.6) is 0 Å². The molecular weight excluding hydrogens is 276 g/mol. The van der Waals surface area contributed by atoms with Gasteiger partial charge in [0.25, 0.3) is 0 Å². The summed E-state index contributed by atoms with van der Waals surface area (Å²) < 4.78 is 0. The third kappa shape index (κ3) is 3.83. The Morgan fingerprint density at radius 3 is 2.73 bits per heavy atom. The van der Waals surface area contributed by atoms with Crippen LogP contribution in [0.4, 0.5) is 16.3 Å². The summed E-state index contributed by atoms with van der Waals surface area (Å²) in [4.78, 5) is 16.6. The summed E-state index contributed by atoms with van der Waals surface area (Å²) in [6.45, 7) is 2.03. The molecule has 1 unspecified atom stereocenters. The van der Waals surface area contributed by atoms with Gasteiger partial charge in [0.05, 0.1) is 0 Å². The van der Waals surface area contributed by atoms with Crippen molar-refractivity contribution in [2.45, 2.75) is 18.8 Å². The molecular formula is C17H20N4O. The molecule has 1 atom stereocenters. The monoisotopic (exact) mass is 296 g/mol. The summed E-state index contributed by atoms with van der Waals surface area (Å²) in [6.07, 6.45) is 2.30. The maximum absolute atomic E-state index is 12.0. The molecule has 1 fully saturated rings. The first-order valence-corrected chi connectivity index (χ1v) is 7.62. The lowest BCUT2D eigenvalue weighted by molar-refractivity contribution is 0.262. The van der Waals surface area contributed by atoms with E-state index in [4.69, 9.17) is 0 Å². The molecule has 1 aromatic heterocycles. The molecule has 2 heterocycles. The summed E-state index contributed by atoms with van der Waals surface area (Å²) >= 11 is 0. The molecule has 0 bridgehead atoms. The number of hydrogen-bond acceptors (Lipinski definition) is 3. The summed E-state index contributed by atoms with van der Waals surface area (Å²) in [5, 5.41) is 8.96. The molecule has 1 aliphatic heterocycles. The lowest BCUT2D eigenvalue weighted by Crippen LogP contribution is -2.29. The van der Waals surface area contributed by atoms with Gasteiger partial charge in [0, 0.05) is 23.8 Å². The minimum absolute atomic E-state index is 0.280. The van der Waals surface area contributed by atoms with E-state index in [0.717, 1.165) is 30.9 Å². The Hall–Kier alpha value is -2.40. The predicted octanol–water partition coefficient (Wildman–Crippen LogP) is 3.19. The third-order valence-corrected chi connectivity index (χ3v) is 3.76. The number of nitrogens with zero attached hydrogens (tertiary/aromatic N) is 1. The number of benzene rings is 1. The molecule has 1 aromatic carbocycles. The highest BCUT2D eigenvalue weighted by molar-refractivity contribution is 5.99. The normalized spacial score (nSPS) is 17.7. The second-order valence-corrected chi connectivity index (χ2v) is 5.44. The maximum atomic E-state index is 12.0. The quantitative estimate of drug-likeness (QED) is 0.815. The van der Waals surface area contributed by atoms with Crippen LogP contribution in [0.1, 0.15) is 24.5 Å². The van der Waals surface area contributed by atoms with Crippen LogP contribution in [0.2, 0.25) is 0 Å². The van der Waals surface area contributed by atoms with E-state index in [2.05, 4.69) is 20.9 Å². The molecule has 2 aromatic rings. The summed E-state index contributed by atoms with van der Waals surface area (Å²) in [5.41, 5.74) is 1.79. The molecule has 0 aliphatic carbocycles. The van der Waals surface area contributed by atoms with Gasteiger partial charge in [0.1, 0.15) is 5.82 Å². The first-order valence-electron chi connectivity index (χ1n) is 7.62. The predicted molar refractivity (Wildman–Crippen MR) is 88.2 cm³/mol. The highest BCUT2D eigenvalue weighted by Crippen LogP contribution is 2.22. The second kappa shape index (κ2) is 7.04. The molecule has 0 radical (unpaired) electrons. The van der Waals surface area contributed by atoms with Crippen LogP contribution in [-0.2, 0) is 0 Å². The van der Waals surface area contributed by atoms with Gasteiger partial charge < -0.3 is 10.6 Å². The summed E-state index contributed by atoms with van der Waals surface area (Å²) in [6, 6.07) is 14.9. The number of carbonyl (C=O) groups is 1. The van der Waals surface area contributed by atoms with E-state index in [1.807, 2.05) is 48.5 Å². The van der Waals surface area contributed by atoms with Gasteiger partial charge >= 0.3 is 6.03 Å². The van der Waals surface area contributed by atoms with E-state index >= 15 is 0 Å². The van der Waals surface area contributed by atoms with Crippen LogP contribution in [0.3, 0.4) is 0 Å². The first-order chi connectivity index (χ1) is 10.8. The van der Waals surface area contributed by atoms with Crippen molar-refractivity contribution in [3.8, 4) is 0 Å². The Morgan fingerprint density at radius 2 is 1.95 bits per heavy atom. The van der Waals surface area contributed by atoms with E-state index in [9.17, 15) is 4.79 Å². The van der Waals surface area contributed by atoms with Crippen LogP contribution in [0, 0.1) is 0 Å². The van der Waals surface area contributed by atoms with Crippen LogP contribution >= 0.6 is 0 Å². The molecule has 0 spiro atoms. The number of anilines is 2. The van der Waals surface area contributed by atoms with Crippen LogP contribution < -0.4 is 16.0 Å². The largest absolute Gasteiger partial charge is 0.324 e. The minimum Gasteiger partial charge on any atom is -0.316 e. The summed E-state index contributed by atoms with van der Waals surface area (Å²) in [7, 11) is 0. The average molecular weight is 296 g/mol. The van der Waals surface area contributed by atoms with Crippen molar-refractivity contribution in [2.24, 2.45) is 0 Å². The Labute approximate surface area is 130 Å². The van der Waals surface area contributed by atoms with Gasteiger partial charge in [-0.3, -0.25) is 5.32 Å². The molecule has 5 nitrogen and oxygen atoms in total. The van der Waals surface area contributed by atoms with Crippen molar-refractivity contribution >= 4 is 17.5 Å². The van der Waals surface area contributed by atoms with Crippen LogP contribution in [0.25, 0.3) is 0 Å². The van der Waals surface area contributed by atoms with Crippen molar-refractivity contribution in [1.82, 2.24) is 10.3 Å².